The van der Waals surface area contributed by atoms with Crippen molar-refractivity contribution in [3.63, 3.8) is 0 Å². The second-order valence-electron chi connectivity index (χ2n) is 3.85. The van der Waals surface area contributed by atoms with E-state index in [1.54, 1.807) is 6.92 Å². The van der Waals surface area contributed by atoms with Gasteiger partial charge in [0, 0.05) is 0 Å². The molecule has 1 aliphatic rings. The van der Waals surface area contributed by atoms with Crippen LogP contribution in [0.4, 0.5) is 4.79 Å². The van der Waals surface area contributed by atoms with Crippen LogP contribution in [0.3, 0.4) is 0 Å². The first-order chi connectivity index (χ1) is 6.39. The Kier molecular flexibility index (Phi) is 2.74. The lowest BCUT2D eigenvalue weighted by atomic mass is 9.91. The number of cyclic esters (lactones) is 1. The van der Waals surface area contributed by atoms with Gasteiger partial charge in [-0.05, 0) is 20.3 Å². The zero-order valence-electron chi connectivity index (χ0n) is 8.78. The van der Waals surface area contributed by atoms with Crippen molar-refractivity contribution in [3.05, 3.63) is 0 Å². The molecule has 2 N–H and O–H groups in total. The van der Waals surface area contributed by atoms with E-state index >= 15 is 0 Å². The maximum absolute atomic E-state index is 11.4. The molecule has 1 aliphatic heterocycles. The Morgan fingerprint density at radius 1 is 1.50 bits per heavy atom. The van der Waals surface area contributed by atoms with E-state index in [0.29, 0.717) is 6.42 Å². The lowest BCUT2D eigenvalue weighted by Crippen LogP contribution is -2.55. The molecule has 1 heterocycles. The van der Waals surface area contributed by atoms with Gasteiger partial charge in [-0.25, -0.2) is 4.79 Å². The van der Waals surface area contributed by atoms with Crippen LogP contribution in [0.15, 0.2) is 0 Å². The number of aliphatic hydroxyl groups excluding tert-OH is 1. The normalized spacial score (nSPS) is 37.5. The Morgan fingerprint density at radius 2 is 2.07 bits per heavy atom. The average Bonchev–Trinajstić information content (AvgIpc) is 2.27. The molecular formula is C9H17NO4. The van der Waals surface area contributed by atoms with Crippen molar-refractivity contribution in [1.82, 2.24) is 4.90 Å². The zero-order chi connectivity index (χ0) is 11.0. The van der Waals surface area contributed by atoms with Gasteiger partial charge in [0.2, 0.25) is 0 Å². The van der Waals surface area contributed by atoms with Gasteiger partial charge in [0.05, 0.1) is 13.2 Å². The van der Waals surface area contributed by atoms with E-state index in [4.69, 9.17) is 9.84 Å². The molecule has 1 saturated heterocycles. The van der Waals surface area contributed by atoms with Gasteiger partial charge in [0.1, 0.15) is 0 Å². The van der Waals surface area contributed by atoms with Gasteiger partial charge in [-0.2, -0.15) is 0 Å². The standard InChI is InChI=1S/C9H17NO4/c1-4-8(2)9(3,13)10(5-6-11)7(12)14-8/h11,13H,4-6H2,1-3H3/t8-,9-/m0/s1. The molecule has 0 spiro atoms. The molecule has 0 aliphatic carbocycles. The van der Waals surface area contributed by atoms with Gasteiger partial charge in [-0.3, -0.25) is 4.90 Å². The van der Waals surface area contributed by atoms with Crippen molar-refractivity contribution >= 4 is 6.09 Å². The highest BCUT2D eigenvalue weighted by atomic mass is 16.6. The van der Waals surface area contributed by atoms with Crippen LogP contribution >= 0.6 is 0 Å². The fourth-order valence-corrected chi connectivity index (χ4v) is 1.62. The van der Waals surface area contributed by atoms with Crippen molar-refractivity contribution in [1.29, 1.82) is 0 Å². The summed E-state index contributed by atoms with van der Waals surface area (Å²) >= 11 is 0. The first-order valence-electron chi connectivity index (χ1n) is 4.73. The first-order valence-corrected chi connectivity index (χ1v) is 4.73. The Morgan fingerprint density at radius 3 is 2.43 bits per heavy atom. The predicted octanol–water partition coefficient (Wildman–Crippen LogP) is 0.308. The molecule has 0 radical (unpaired) electrons. The number of hydrogen-bond donors (Lipinski definition) is 2. The number of nitrogens with zero attached hydrogens (tertiary/aromatic N) is 1. The van der Waals surface area contributed by atoms with E-state index < -0.39 is 17.4 Å². The van der Waals surface area contributed by atoms with Crippen LogP contribution in [-0.4, -0.2) is 45.7 Å². The van der Waals surface area contributed by atoms with Gasteiger partial charge in [0.25, 0.3) is 0 Å². The van der Waals surface area contributed by atoms with Crippen molar-refractivity contribution in [2.45, 2.75) is 38.5 Å². The summed E-state index contributed by atoms with van der Waals surface area (Å²) < 4.78 is 5.10. The summed E-state index contributed by atoms with van der Waals surface area (Å²) in [4.78, 5) is 12.5. The summed E-state index contributed by atoms with van der Waals surface area (Å²) in [5.74, 6) is 0. The quantitative estimate of drug-likeness (QED) is 0.692. The SMILES string of the molecule is CC[C@]1(C)OC(=O)N(CCO)[C@@]1(C)O. The first kappa shape index (κ1) is 11.3. The zero-order valence-corrected chi connectivity index (χ0v) is 8.78. The second kappa shape index (κ2) is 3.40. The molecule has 0 aromatic heterocycles. The Bertz CT molecular complexity index is 241. The van der Waals surface area contributed by atoms with Gasteiger partial charge >= 0.3 is 6.09 Å². The molecule has 1 rings (SSSR count). The molecule has 1 amide bonds. The maximum atomic E-state index is 11.4. The molecule has 0 bridgehead atoms. The van der Waals surface area contributed by atoms with Crippen LogP contribution in [0.1, 0.15) is 27.2 Å². The van der Waals surface area contributed by atoms with E-state index in [2.05, 4.69) is 0 Å². The maximum Gasteiger partial charge on any atom is 0.412 e. The molecule has 0 unspecified atom stereocenters. The number of carbonyl (C=O) groups is 1. The monoisotopic (exact) mass is 203 g/mol. The third-order valence-corrected chi connectivity index (χ3v) is 3.06. The van der Waals surface area contributed by atoms with E-state index in [0.717, 1.165) is 4.90 Å². The van der Waals surface area contributed by atoms with Gasteiger partial charge in [0.15, 0.2) is 11.3 Å². The van der Waals surface area contributed by atoms with E-state index in [-0.39, 0.29) is 13.2 Å². The number of β-amino-alcohol motifs (C(OH)–C–C–N with tert-alkyl or cyclic N) is 1. The summed E-state index contributed by atoms with van der Waals surface area (Å²) in [6, 6.07) is 0. The fraction of sp³-hybridized carbons (Fsp3) is 0.889. The largest absolute Gasteiger partial charge is 0.438 e. The second-order valence-corrected chi connectivity index (χ2v) is 3.85. The fourth-order valence-electron chi connectivity index (χ4n) is 1.62. The molecule has 5 nitrogen and oxygen atoms in total. The van der Waals surface area contributed by atoms with Gasteiger partial charge < -0.3 is 14.9 Å². The highest BCUT2D eigenvalue weighted by Gasteiger charge is 2.57. The third kappa shape index (κ3) is 1.36. The number of rotatable bonds is 3. The molecule has 1 fully saturated rings. The minimum absolute atomic E-state index is 0.0847. The summed E-state index contributed by atoms with van der Waals surface area (Å²) in [5, 5.41) is 18.9. The molecular weight excluding hydrogens is 186 g/mol. The number of ether oxygens (including phenoxy) is 1. The number of aliphatic hydroxyl groups is 2. The molecule has 82 valence electrons. The smallest absolute Gasteiger partial charge is 0.412 e. The van der Waals surface area contributed by atoms with E-state index in [1.165, 1.54) is 6.92 Å². The Labute approximate surface area is 83.3 Å². The van der Waals surface area contributed by atoms with Crippen molar-refractivity contribution in [2.24, 2.45) is 0 Å². The number of hydrogen-bond acceptors (Lipinski definition) is 4. The van der Waals surface area contributed by atoms with Gasteiger partial charge in [-0.1, -0.05) is 6.92 Å². The summed E-state index contributed by atoms with van der Waals surface area (Å²) in [5.41, 5.74) is -2.26. The van der Waals surface area contributed by atoms with E-state index in [1.807, 2.05) is 6.92 Å². The summed E-state index contributed by atoms with van der Waals surface area (Å²) in [7, 11) is 0. The minimum atomic E-state index is -1.36. The number of carbonyl (C=O) groups excluding carboxylic acids is 1. The highest BCUT2D eigenvalue weighted by molar-refractivity contribution is 5.72. The molecule has 0 saturated carbocycles. The Balaban J connectivity index is 2.95. The lowest BCUT2D eigenvalue weighted by Gasteiger charge is -2.36. The Hall–Kier alpha value is -0.810. The molecule has 0 aromatic rings. The van der Waals surface area contributed by atoms with Crippen LogP contribution < -0.4 is 0 Å². The lowest BCUT2D eigenvalue weighted by molar-refractivity contribution is -0.138. The van der Waals surface area contributed by atoms with Crippen LogP contribution in [0.25, 0.3) is 0 Å². The third-order valence-electron chi connectivity index (χ3n) is 3.06. The van der Waals surface area contributed by atoms with E-state index in [9.17, 15) is 9.90 Å². The molecule has 5 heteroatoms. The van der Waals surface area contributed by atoms with Crippen molar-refractivity contribution in [3.8, 4) is 0 Å². The summed E-state index contributed by atoms with van der Waals surface area (Å²) in [6.07, 6.45) is -0.0541. The summed E-state index contributed by atoms with van der Waals surface area (Å²) in [6.45, 7) is 4.94. The highest BCUT2D eigenvalue weighted by Crippen LogP contribution is 2.39. The van der Waals surface area contributed by atoms with Crippen molar-refractivity contribution < 1.29 is 19.7 Å². The van der Waals surface area contributed by atoms with Crippen LogP contribution in [0, 0.1) is 0 Å². The molecule has 2 atom stereocenters. The molecule has 0 aromatic carbocycles. The van der Waals surface area contributed by atoms with Crippen LogP contribution in [0.5, 0.6) is 0 Å². The predicted molar refractivity (Wildman–Crippen MR) is 49.6 cm³/mol. The van der Waals surface area contributed by atoms with Crippen molar-refractivity contribution in [2.75, 3.05) is 13.2 Å². The molecule has 14 heavy (non-hydrogen) atoms. The number of amides is 1. The average molecular weight is 203 g/mol. The van der Waals surface area contributed by atoms with Crippen LogP contribution in [-0.2, 0) is 4.74 Å². The van der Waals surface area contributed by atoms with Crippen LogP contribution in [0.2, 0.25) is 0 Å². The topological polar surface area (TPSA) is 70.0 Å². The minimum Gasteiger partial charge on any atom is -0.438 e. The van der Waals surface area contributed by atoms with Gasteiger partial charge in [-0.15, -0.1) is 0 Å².